The molecule has 1 aliphatic carbocycles. The molecule has 0 aliphatic heterocycles. The Morgan fingerprint density at radius 2 is 1.50 bits per heavy atom. The highest BCUT2D eigenvalue weighted by atomic mass is 16.3. The average Bonchev–Trinajstić information content (AvgIpc) is 1.83. The van der Waals surface area contributed by atoms with Crippen LogP contribution in [0.25, 0.3) is 0 Å². The van der Waals surface area contributed by atoms with E-state index in [-0.39, 0.29) is 0 Å². The van der Waals surface area contributed by atoms with E-state index in [4.69, 9.17) is 0 Å². The van der Waals surface area contributed by atoms with E-state index in [0.717, 1.165) is 0 Å². The van der Waals surface area contributed by atoms with Gasteiger partial charge in [-0.1, -0.05) is 34.1 Å². The third-order valence-corrected chi connectivity index (χ3v) is 3.71. The molecular formula is C11H22O. The molecule has 0 spiro atoms. The van der Waals surface area contributed by atoms with Gasteiger partial charge in [-0.3, -0.25) is 0 Å². The van der Waals surface area contributed by atoms with Gasteiger partial charge in [-0.25, -0.2) is 0 Å². The second-order valence-corrected chi connectivity index (χ2v) is 5.57. The Hall–Kier alpha value is -0.0400. The van der Waals surface area contributed by atoms with Crippen LogP contribution in [0.2, 0.25) is 0 Å². The normalized spacial score (nSPS) is 28.8. The minimum atomic E-state index is 0.330. The predicted octanol–water partition coefficient (Wildman–Crippen LogP) is 2.83. The fourth-order valence-corrected chi connectivity index (χ4v) is 2.90. The van der Waals surface area contributed by atoms with Crippen molar-refractivity contribution in [2.45, 2.75) is 47.0 Å². The molecule has 1 nitrogen and oxygen atoms in total. The van der Waals surface area contributed by atoms with Crippen LogP contribution >= 0.6 is 0 Å². The lowest BCUT2D eigenvalue weighted by molar-refractivity contribution is -0.0233. The van der Waals surface area contributed by atoms with Gasteiger partial charge in [0.1, 0.15) is 0 Å². The summed E-state index contributed by atoms with van der Waals surface area (Å²) in [6, 6.07) is 0. The van der Waals surface area contributed by atoms with Crippen LogP contribution in [-0.2, 0) is 0 Å². The first kappa shape index (κ1) is 10.0. The van der Waals surface area contributed by atoms with Gasteiger partial charge in [-0.2, -0.15) is 0 Å². The molecule has 0 saturated heterocycles. The molecule has 0 aromatic rings. The summed E-state index contributed by atoms with van der Waals surface area (Å²) in [5, 5.41) is 9.36. The Kier molecular flexibility index (Phi) is 2.53. The van der Waals surface area contributed by atoms with Gasteiger partial charge in [0, 0.05) is 6.61 Å². The maximum atomic E-state index is 9.36. The second-order valence-electron chi connectivity index (χ2n) is 5.57. The van der Waals surface area contributed by atoms with Crippen molar-refractivity contribution in [1.82, 2.24) is 0 Å². The first-order valence-electron chi connectivity index (χ1n) is 5.01. The fourth-order valence-electron chi connectivity index (χ4n) is 2.90. The summed E-state index contributed by atoms with van der Waals surface area (Å²) < 4.78 is 0. The number of hydrogen-bond acceptors (Lipinski definition) is 1. The molecule has 1 fully saturated rings. The monoisotopic (exact) mass is 170 g/mol. The number of hydrogen-bond donors (Lipinski definition) is 1. The van der Waals surface area contributed by atoms with Gasteiger partial charge in [0.05, 0.1) is 0 Å². The van der Waals surface area contributed by atoms with Crippen LogP contribution < -0.4 is 0 Å². The largest absolute Gasteiger partial charge is 0.396 e. The molecule has 1 heteroatoms. The average molecular weight is 170 g/mol. The Labute approximate surface area is 76.2 Å². The Morgan fingerprint density at radius 1 is 1.08 bits per heavy atom. The van der Waals surface area contributed by atoms with Crippen molar-refractivity contribution in [3.8, 4) is 0 Å². The lowest BCUT2D eigenvalue weighted by atomic mass is 9.57. The van der Waals surface area contributed by atoms with E-state index < -0.39 is 0 Å². The molecule has 72 valence electrons. The fraction of sp³-hybridized carbons (Fsp3) is 1.00. The zero-order valence-electron chi connectivity index (χ0n) is 8.85. The van der Waals surface area contributed by atoms with E-state index in [1.54, 1.807) is 0 Å². The number of rotatable bonds is 1. The minimum absolute atomic E-state index is 0.330. The Morgan fingerprint density at radius 3 is 1.75 bits per heavy atom. The van der Waals surface area contributed by atoms with Crippen molar-refractivity contribution in [2.75, 3.05) is 6.61 Å². The first-order chi connectivity index (χ1) is 5.40. The number of aliphatic hydroxyl groups excluding tert-OH is 1. The van der Waals surface area contributed by atoms with Crippen LogP contribution in [0.1, 0.15) is 47.0 Å². The van der Waals surface area contributed by atoms with Crippen LogP contribution in [0.4, 0.5) is 0 Å². The summed E-state index contributed by atoms with van der Waals surface area (Å²) in [5.74, 6) is 0.471. The van der Waals surface area contributed by atoms with Crippen molar-refractivity contribution < 1.29 is 5.11 Å². The molecular weight excluding hydrogens is 148 g/mol. The van der Waals surface area contributed by atoms with Crippen molar-refractivity contribution in [3.05, 3.63) is 0 Å². The molecule has 0 bridgehead atoms. The summed E-state index contributed by atoms with van der Waals surface area (Å²) in [5.41, 5.74) is 0.660. The van der Waals surface area contributed by atoms with Crippen LogP contribution in [0.3, 0.4) is 0 Å². The summed E-state index contributed by atoms with van der Waals surface area (Å²) in [4.78, 5) is 0. The maximum absolute atomic E-state index is 9.36. The van der Waals surface area contributed by atoms with E-state index in [1.165, 1.54) is 19.3 Å². The molecule has 12 heavy (non-hydrogen) atoms. The molecule has 1 aliphatic rings. The van der Waals surface area contributed by atoms with E-state index >= 15 is 0 Å². The lowest BCUT2D eigenvalue weighted by Crippen LogP contribution is -2.42. The molecule has 0 aromatic carbocycles. The molecule has 1 N–H and O–H groups in total. The molecule has 0 heterocycles. The van der Waals surface area contributed by atoms with Gasteiger partial charge in [-0.15, -0.1) is 0 Å². The second kappa shape index (κ2) is 3.02. The van der Waals surface area contributed by atoms with Gasteiger partial charge in [-0.05, 0) is 29.6 Å². The predicted molar refractivity (Wildman–Crippen MR) is 52.0 cm³/mol. The van der Waals surface area contributed by atoms with Crippen molar-refractivity contribution >= 4 is 0 Å². The molecule has 0 unspecified atom stereocenters. The minimum Gasteiger partial charge on any atom is -0.396 e. The first-order valence-corrected chi connectivity index (χ1v) is 5.01. The molecule has 0 atom stereocenters. The highest BCUT2D eigenvalue weighted by molar-refractivity contribution is 4.92. The van der Waals surface area contributed by atoms with Gasteiger partial charge >= 0.3 is 0 Å². The summed E-state index contributed by atoms with van der Waals surface area (Å²) in [7, 11) is 0. The van der Waals surface area contributed by atoms with E-state index in [9.17, 15) is 5.11 Å². The summed E-state index contributed by atoms with van der Waals surface area (Å²) in [6.07, 6.45) is 3.85. The van der Waals surface area contributed by atoms with E-state index in [1.807, 2.05) is 0 Å². The highest BCUT2D eigenvalue weighted by Gasteiger charge is 2.42. The zero-order chi connectivity index (χ0) is 9.41. The van der Waals surface area contributed by atoms with Crippen LogP contribution in [-0.4, -0.2) is 11.7 Å². The quantitative estimate of drug-likeness (QED) is 0.641. The van der Waals surface area contributed by atoms with Crippen LogP contribution in [0.15, 0.2) is 0 Å². The van der Waals surface area contributed by atoms with E-state index in [2.05, 4.69) is 27.7 Å². The third-order valence-electron chi connectivity index (χ3n) is 3.71. The Balaban J connectivity index is 2.81. The standard InChI is InChI=1S/C11H22O/c1-10(2)6-5-7-11(3,4)9(10)8-12/h9,12H,5-8H2,1-4H3. The SMILES string of the molecule is CC1(C)CCCC(C)(C)C1CO. The maximum Gasteiger partial charge on any atom is 0.0469 e. The van der Waals surface area contributed by atoms with Crippen molar-refractivity contribution in [2.24, 2.45) is 16.7 Å². The van der Waals surface area contributed by atoms with E-state index in [0.29, 0.717) is 23.4 Å². The van der Waals surface area contributed by atoms with Gasteiger partial charge in [0.15, 0.2) is 0 Å². The zero-order valence-corrected chi connectivity index (χ0v) is 8.85. The molecule has 0 aromatic heterocycles. The number of aliphatic hydroxyl groups is 1. The summed E-state index contributed by atoms with van der Waals surface area (Å²) >= 11 is 0. The Bertz CT molecular complexity index is 142. The van der Waals surface area contributed by atoms with Gasteiger partial charge < -0.3 is 5.11 Å². The van der Waals surface area contributed by atoms with Gasteiger partial charge in [0.25, 0.3) is 0 Å². The lowest BCUT2D eigenvalue weighted by Gasteiger charge is -2.48. The third kappa shape index (κ3) is 1.66. The molecule has 1 rings (SSSR count). The van der Waals surface area contributed by atoms with Crippen molar-refractivity contribution in [3.63, 3.8) is 0 Å². The smallest absolute Gasteiger partial charge is 0.0469 e. The van der Waals surface area contributed by atoms with Gasteiger partial charge in [0.2, 0.25) is 0 Å². The summed E-state index contributed by atoms with van der Waals surface area (Å²) in [6.45, 7) is 9.49. The van der Waals surface area contributed by atoms with Crippen LogP contribution in [0, 0.1) is 16.7 Å². The molecule has 1 saturated carbocycles. The van der Waals surface area contributed by atoms with Crippen molar-refractivity contribution in [1.29, 1.82) is 0 Å². The highest BCUT2D eigenvalue weighted by Crippen LogP contribution is 2.50. The van der Waals surface area contributed by atoms with Crippen LogP contribution in [0.5, 0.6) is 0 Å². The molecule has 0 radical (unpaired) electrons. The topological polar surface area (TPSA) is 20.2 Å². The molecule has 0 amide bonds.